The van der Waals surface area contributed by atoms with E-state index in [-0.39, 0.29) is 0 Å². The number of carbonyl (C=O) groups is 2. The van der Waals surface area contributed by atoms with Gasteiger partial charge in [0.25, 0.3) is 0 Å². The summed E-state index contributed by atoms with van der Waals surface area (Å²) in [7, 11) is 0. The van der Waals surface area contributed by atoms with Crippen molar-refractivity contribution in [2.75, 3.05) is 0 Å². The number of hydrogen-bond donors (Lipinski definition) is 3. The minimum absolute atomic E-state index is 0.558. The third-order valence-corrected chi connectivity index (χ3v) is 4.05. The van der Waals surface area contributed by atoms with Crippen molar-refractivity contribution in [2.45, 2.75) is 76.3 Å². The van der Waals surface area contributed by atoms with Crippen molar-refractivity contribution in [3.63, 3.8) is 0 Å². The van der Waals surface area contributed by atoms with Crippen molar-refractivity contribution in [3.05, 3.63) is 12.2 Å². The lowest BCUT2D eigenvalue weighted by Gasteiger charge is -2.30. The molecule has 120 valence electrons. The van der Waals surface area contributed by atoms with E-state index >= 15 is 0 Å². The molecule has 0 amide bonds. The van der Waals surface area contributed by atoms with E-state index in [1.54, 1.807) is 0 Å². The van der Waals surface area contributed by atoms with Gasteiger partial charge in [-0.25, -0.2) is 9.59 Å². The summed E-state index contributed by atoms with van der Waals surface area (Å²) in [6.07, 6.45) is 15.7. The van der Waals surface area contributed by atoms with Gasteiger partial charge in [-0.05, 0) is 25.7 Å². The Morgan fingerprint density at radius 3 is 1.33 bits per heavy atom. The van der Waals surface area contributed by atoms with Crippen molar-refractivity contribution >= 4 is 11.9 Å². The third kappa shape index (κ3) is 9.24. The zero-order valence-electron chi connectivity index (χ0n) is 12.6. The fourth-order valence-electron chi connectivity index (χ4n) is 3.01. The molecule has 0 atom stereocenters. The predicted molar refractivity (Wildman–Crippen MR) is 81.3 cm³/mol. The average molecular weight is 297 g/mol. The molecule has 2 saturated carbocycles. The summed E-state index contributed by atoms with van der Waals surface area (Å²) < 4.78 is 0. The highest BCUT2D eigenvalue weighted by molar-refractivity contribution is 5.89. The predicted octanol–water partition coefficient (Wildman–Crippen LogP) is 2.95. The second-order valence-corrected chi connectivity index (χ2v) is 5.85. The molecule has 0 aromatic carbocycles. The Balaban J connectivity index is 0.000000240. The van der Waals surface area contributed by atoms with E-state index in [1.165, 1.54) is 64.2 Å². The molecule has 0 saturated heterocycles. The van der Waals surface area contributed by atoms with Gasteiger partial charge in [-0.3, -0.25) is 0 Å². The number of rotatable bonds is 4. The fraction of sp³-hybridized carbons (Fsp3) is 0.750. The van der Waals surface area contributed by atoms with Crippen LogP contribution in [-0.2, 0) is 9.59 Å². The second kappa shape index (κ2) is 10.4. The maximum atomic E-state index is 9.55. The topological polar surface area (TPSA) is 86.6 Å². The van der Waals surface area contributed by atoms with Crippen LogP contribution in [0.25, 0.3) is 0 Å². The summed E-state index contributed by atoms with van der Waals surface area (Å²) >= 11 is 0. The lowest BCUT2D eigenvalue weighted by atomic mass is 9.91. The standard InChI is InChI=1S/C12H23N.C4H4O4/c1-3-7-11(8-4-1)13-12-9-5-2-6-10-12;5-3(6)1-2-4(7)8/h11-13H,1-10H2;1-2H,(H,5,6)(H,7,8)/b;2-1+. The van der Waals surface area contributed by atoms with Crippen LogP contribution in [0.1, 0.15) is 64.2 Å². The van der Waals surface area contributed by atoms with E-state index in [9.17, 15) is 9.59 Å². The summed E-state index contributed by atoms with van der Waals surface area (Å²) in [6, 6.07) is 1.74. The van der Waals surface area contributed by atoms with Gasteiger partial charge in [-0.15, -0.1) is 0 Å². The number of carboxylic acids is 2. The first-order valence-electron chi connectivity index (χ1n) is 7.98. The second-order valence-electron chi connectivity index (χ2n) is 5.85. The average Bonchev–Trinajstić information content (AvgIpc) is 2.48. The molecule has 0 unspecified atom stereocenters. The first-order chi connectivity index (χ1) is 10.1. The largest absolute Gasteiger partial charge is 0.478 e. The Kier molecular flexibility index (Phi) is 8.74. The molecule has 2 rings (SSSR count). The van der Waals surface area contributed by atoms with Crippen LogP contribution in [0.2, 0.25) is 0 Å². The van der Waals surface area contributed by atoms with Gasteiger partial charge in [-0.2, -0.15) is 0 Å². The van der Waals surface area contributed by atoms with E-state index in [2.05, 4.69) is 5.32 Å². The van der Waals surface area contributed by atoms with Gasteiger partial charge < -0.3 is 15.5 Å². The van der Waals surface area contributed by atoms with Crippen LogP contribution in [0.15, 0.2) is 12.2 Å². The van der Waals surface area contributed by atoms with Gasteiger partial charge in [0.1, 0.15) is 0 Å². The highest BCUT2D eigenvalue weighted by atomic mass is 16.4. The van der Waals surface area contributed by atoms with Crippen LogP contribution in [-0.4, -0.2) is 34.2 Å². The molecule has 5 heteroatoms. The molecule has 0 bridgehead atoms. The van der Waals surface area contributed by atoms with Gasteiger partial charge in [-0.1, -0.05) is 38.5 Å². The maximum Gasteiger partial charge on any atom is 0.328 e. The Labute approximate surface area is 126 Å². The molecule has 2 aliphatic rings. The summed E-state index contributed by atoms with van der Waals surface area (Å²) in [4.78, 5) is 19.1. The van der Waals surface area contributed by atoms with Crippen molar-refractivity contribution < 1.29 is 19.8 Å². The van der Waals surface area contributed by atoms with Gasteiger partial charge in [0.05, 0.1) is 0 Å². The molecule has 0 aromatic heterocycles. The minimum Gasteiger partial charge on any atom is -0.478 e. The number of hydrogen-bond acceptors (Lipinski definition) is 3. The summed E-state index contributed by atoms with van der Waals surface area (Å²) in [5, 5.41) is 19.5. The van der Waals surface area contributed by atoms with Gasteiger partial charge in [0.15, 0.2) is 0 Å². The Hall–Kier alpha value is -1.36. The molecule has 21 heavy (non-hydrogen) atoms. The van der Waals surface area contributed by atoms with Gasteiger partial charge in [0, 0.05) is 24.2 Å². The van der Waals surface area contributed by atoms with Crippen LogP contribution in [0.4, 0.5) is 0 Å². The smallest absolute Gasteiger partial charge is 0.328 e. The molecular weight excluding hydrogens is 270 g/mol. The monoisotopic (exact) mass is 297 g/mol. The minimum atomic E-state index is -1.26. The molecule has 0 aromatic rings. The van der Waals surface area contributed by atoms with Crippen LogP contribution in [0, 0.1) is 0 Å². The molecule has 3 N–H and O–H groups in total. The van der Waals surface area contributed by atoms with Crippen LogP contribution in [0.5, 0.6) is 0 Å². The summed E-state index contributed by atoms with van der Waals surface area (Å²) in [6.45, 7) is 0. The van der Waals surface area contributed by atoms with E-state index < -0.39 is 11.9 Å². The number of aliphatic carboxylic acids is 2. The molecule has 2 fully saturated rings. The van der Waals surface area contributed by atoms with Crippen LogP contribution >= 0.6 is 0 Å². The molecule has 0 radical (unpaired) electrons. The van der Waals surface area contributed by atoms with Gasteiger partial charge in [0.2, 0.25) is 0 Å². The normalized spacial score (nSPS) is 20.8. The van der Waals surface area contributed by atoms with E-state index in [0.29, 0.717) is 12.2 Å². The third-order valence-electron chi connectivity index (χ3n) is 4.05. The quantitative estimate of drug-likeness (QED) is 0.694. The molecule has 2 aliphatic carbocycles. The highest BCUT2D eigenvalue weighted by Gasteiger charge is 2.19. The Morgan fingerprint density at radius 2 is 1.05 bits per heavy atom. The molecule has 0 heterocycles. The lowest BCUT2D eigenvalue weighted by Crippen LogP contribution is -2.40. The molecular formula is C16H27NO4. The first kappa shape index (κ1) is 17.7. The van der Waals surface area contributed by atoms with Crippen LogP contribution in [0.3, 0.4) is 0 Å². The Bertz CT molecular complexity index is 310. The molecule has 5 nitrogen and oxygen atoms in total. The number of carboxylic acid groups (broad SMARTS) is 2. The zero-order chi connectivity index (χ0) is 15.5. The highest BCUT2D eigenvalue weighted by Crippen LogP contribution is 2.22. The zero-order valence-corrected chi connectivity index (χ0v) is 12.6. The van der Waals surface area contributed by atoms with Crippen molar-refractivity contribution in [1.82, 2.24) is 5.32 Å². The lowest BCUT2D eigenvalue weighted by molar-refractivity contribution is -0.134. The van der Waals surface area contributed by atoms with Crippen molar-refractivity contribution in [3.8, 4) is 0 Å². The van der Waals surface area contributed by atoms with E-state index in [1.807, 2.05) is 0 Å². The SMILES string of the molecule is C1CCC(NC2CCCCC2)CC1.O=C(O)/C=C/C(=O)O. The van der Waals surface area contributed by atoms with E-state index in [4.69, 9.17) is 10.2 Å². The van der Waals surface area contributed by atoms with Crippen molar-refractivity contribution in [2.24, 2.45) is 0 Å². The van der Waals surface area contributed by atoms with E-state index in [0.717, 1.165) is 12.1 Å². The van der Waals surface area contributed by atoms with Gasteiger partial charge >= 0.3 is 11.9 Å². The Morgan fingerprint density at radius 1 is 0.714 bits per heavy atom. The first-order valence-corrected chi connectivity index (χ1v) is 7.98. The molecule has 0 aliphatic heterocycles. The van der Waals surface area contributed by atoms with Crippen LogP contribution < -0.4 is 5.32 Å². The maximum absolute atomic E-state index is 9.55. The summed E-state index contributed by atoms with van der Waals surface area (Å²) in [5.41, 5.74) is 0. The molecule has 0 spiro atoms. The summed E-state index contributed by atoms with van der Waals surface area (Å²) in [5.74, 6) is -2.51. The number of nitrogens with one attached hydrogen (secondary N) is 1. The fourth-order valence-corrected chi connectivity index (χ4v) is 3.01. The van der Waals surface area contributed by atoms with Crippen molar-refractivity contribution in [1.29, 1.82) is 0 Å².